The van der Waals surface area contributed by atoms with Crippen molar-refractivity contribution in [2.24, 2.45) is 0 Å². The summed E-state index contributed by atoms with van der Waals surface area (Å²) in [5.41, 5.74) is 2.37. The minimum absolute atomic E-state index is 0.0876. The maximum absolute atomic E-state index is 12.3. The van der Waals surface area contributed by atoms with Crippen LogP contribution in [0.5, 0.6) is 0 Å². The first kappa shape index (κ1) is 22.2. The highest BCUT2D eigenvalue weighted by Gasteiger charge is 2.20. The SMILES string of the molecule is CC(=O)N[C@@H](C)c1ccc(C(=O)COC(=O)c2ccc(N3CCCCC3=O)cc2)cc1. The number of ketones is 1. The summed E-state index contributed by atoms with van der Waals surface area (Å²) >= 11 is 0. The van der Waals surface area contributed by atoms with E-state index in [1.807, 2.05) is 6.92 Å². The normalized spacial score (nSPS) is 14.6. The molecule has 31 heavy (non-hydrogen) atoms. The second-order valence-corrected chi connectivity index (χ2v) is 7.59. The fourth-order valence-electron chi connectivity index (χ4n) is 3.50. The van der Waals surface area contributed by atoms with Crippen molar-refractivity contribution in [3.8, 4) is 0 Å². The Morgan fingerprint density at radius 3 is 2.26 bits per heavy atom. The molecule has 1 atom stereocenters. The number of nitrogens with zero attached hydrogens (tertiary/aromatic N) is 1. The van der Waals surface area contributed by atoms with E-state index in [-0.39, 0.29) is 30.2 Å². The molecule has 1 saturated heterocycles. The number of carbonyl (C=O) groups excluding carboxylic acids is 4. The van der Waals surface area contributed by atoms with Gasteiger partial charge in [-0.15, -0.1) is 0 Å². The van der Waals surface area contributed by atoms with E-state index in [1.54, 1.807) is 53.4 Å². The van der Waals surface area contributed by atoms with Gasteiger partial charge in [-0.25, -0.2) is 4.79 Å². The third-order valence-electron chi connectivity index (χ3n) is 5.22. The topological polar surface area (TPSA) is 92.8 Å². The summed E-state index contributed by atoms with van der Waals surface area (Å²) in [5.74, 6) is -0.955. The van der Waals surface area contributed by atoms with Crippen molar-refractivity contribution in [3.05, 3.63) is 65.2 Å². The van der Waals surface area contributed by atoms with Gasteiger partial charge >= 0.3 is 5.97 Å². The Morgan fingerprint density at radius 2 is 1.65 bits per heavy atom. The van der Waals surface area contributed by atoms with E-state index < -0.39 is 5.97 Å². The number of benzene rings is 2. The highest BCUT2D eigenvalue weighted by atomic mass is 16.5. The van der Waals surface area contributed by atoms with E-state index >= 15 is 0 Å². The Balaban J connectivity index is 1.54. The van der Waals surface area contributed by atoms with Crippen molar-refractivity contribution in [3.63, 3.8) is 0 Å². The Bertz CT molecular complexity index is 966. The minimum atomic E-state index is -0.597. The number of rotatable bonds is 7. The summed E-state index contributed by atoms with van der Waals surface area (Å²) in [6.07, 6.45) is 2.41. The molecule has 0 aliphatic carbocycles. The van der Waals surface area contributed by atoms with Crippen LogP contribution in [0.3, 0.4) is 0 Å². The zero-order valence-electron chi connectivity index (χ0n) is 17.7. The van der Waals surface area contributed by atoms with E-state index in [1.165, 1.54) is 6.92 Å². The van der Waals surface area contributed by atoms with Crippen LogP contribution in [0, 0.1) is 0 Å². The van der Waals surface area contributed by atoms with Crippen molar-refractivity contribution in [2.75, 3.05) is 18.1 Å². The highest BCUT2D eigenvalue weighted by molar-refractivity contribution is 5.99. The van der Waals surface area contributed by atoms with Gasteiger partial charge in [0.2, 0.25) is 11.8 Å². The average Bonchev–Trinajstić information content (AvgIpc) is 2.77. The Hall–Kier alpha value is -3.48. The quantitative estimate of drug-likeness (QED) is 0.545. The molecule has 1 fully saturated rings. The number of Topliss-reactive ketones (excluding diaryl/α,β-unsaturated/α-hetero) is 1. The number of hydrogen-bond acceptors (Lipinski definition) is 5. The van der Waals surface area contributed by atoms with Gasteiger partial charge in [-0.3, -0.25) is 14.4 Å². The van der Waals surface area contributed by atoms with Crippen LogP contribution < -0.4 is 10.2 Å². The van der Waals surface area contributed by atoms with E-state index in [0.717, 1.165) is 24.1 Å². The van der Waals surface area contributed by atoms with Crippen LogP contribution in [0.2, 0.25) is 0 Å². The molecule has 1 aliphatic rings. The number of carbonyl (C=O) groups is 4. The molecule has 3 rings (SSSR count). The summed E-state index contributed by atoms with van der Waals surface area (Å²) in [5, 5.41) is 2.78. The second kappa shape index (κ2) is 10.0. The van der Waals surface area contributed by atoms with E-state index in [4.69, 9.17) is 4.74 Å². The molecule has 1 N–H and O–H groups in total. The van der Waals surface area contributed by atoms with Crippen molar-refractivity contribution in [2.45, 2.75) is 39.2 Å². The van der Waals surface area contributed by atoms with Crippen molar-refractivity contribution in [1.29, 1.82) is 0 Å². The summed E-state index contributed by atoms with van der Waals surface area (Å²) in [7, 11) is 0. The highest BCUT2D eigenvalue weighted by Crippen LogP contribution is 2.21. The van der Waals surface area contributed by atoms with Crippen LogP contribution in [0.1, 0.15) is 65.4 Å². The van der Waals surface area contributed by atoms with Crippen LogP contribution in [-0.4, -0.2) is 36.7 Å². The zero-order chi connectivity index (χ0) is 22.4. The maximum Gasteiger partial charge on any atom is 0.338 e. The molecular weight excluding hydrogens is 396 g/mol. The van der Waals surface area contributed by atoms with Gasteiger partial charge in [0, 0.05) is 31.1 Å². The summed E-state index contributed by atoms with van der Waals surface area (Å²) < 4.78 is 5.16. The van der Waals surface area contributed by atoms with E-state index in [0.29, 0.717) is 24.1 Å². The molecular formula is C24H26N2O5. The van der Waals surface area contributed by atoms with Gasteiger partial charge in [0.25, 0.3) is 0 Å². The fourth-order valence-corrected chi connectivity index (χ4v) is 3.50. The number of nitrogens with one attached hydrogen (secondary N) is 1. The minimum Gasteiger partial charge on any atom is -0.454 e. The van der Waals surface area contributed by atoms with Crippen molar-refractivity contribution < 1.29 is 23.9 Å². The lowest BCUT2D eigenvalue weighted by atomic mass is 10.0. The molecule has 0 radical (unpaired) electrons. The molecule has 2 amide bonds. The fraction of sp³-hybridized carbons (Fsp3) is 0.333. The predicted molar refractivity (Wildman–Crippen MR) is 116 cm³/mol. The Morgan fingerprint density at radius 1 is 1.00 bits per heavy atom. The molecule has 0 unspecified atom stereocenters. The smallest absolute Gasteiger partial charge is 0.338 e. The van der Waals surface area contributed by atoms with Crippen LogP contribution in [0.15, 0.2) is 48.5 Å². The molecule has 1 heterocycles. The lowest BCUT2D eigenvalue weighted by Gasteiger charge is -2.26. The Kier molecular flexibility index (Phi) is 7.18. The van der Waals surface area contributed by atoms with E-state index in [2.05, 4.69) is 5.32 Å². The van der Waals surface area contributed by atoms with Gasteiger partial charge in [0.15, 0.2) is 12.4 Å². The molecule has 1 aliphatic heterocycles. The number of esters is 1. The van der Waals surface area contributed by atoms with E-state index in [9.17, 15) is 19.2 Å². The Labute approximate surface area is 181 Å². The van der Waals surface area contributed by atoms with Gasteiger partial charge in [-0.2, -0.15) is 0 Å². The van der Waals surface area contributed by atoms with Crippen LogP contribution in [0.25, 0.3) is 0 Å². The third kappa shape index (κ3) is 5.78. The number of anilines is 1. The van der Waals surface area contributed by atoms with Crippen LogP contribution in [0.4, 0.5) is 5.69 Å². The molecule has 0 bridgehead atoms. The summed E-state index contributed by atoms with van der Waals surface area (Å²) in [6.45, 7) is 3.61. The number of amides is 2. The molecule has 0 saturated carbocycles. The number of piperidine rings is 1. The first-order valence-electron chi connectivity index (χ1n) is 10.3. The molecule has 0 spiro atoms. The molecule has 7 heteroatoms. The molecule has 7 nitrogen and oxygen atoms in total. The maximum atomic E-state index is 12.3. The van der Waals surface area contributed by atoms with Gasteiger partial charge in [0.05, 0.1) is 11.6 Å². The molecule has 0 aromatic heterocycles. The number of ether oxygens (including phenoxy) is 1. The van der Waals surface area contributed by atoms with Crippen molar-refractivity contribution in [1.82, 2.24) is 5.32 Å². The molecule has 2 aromatic rings. The largest absolute Gasteiger partial charge is 0.454 e. The van der Waals surface area contributed by atoms with Crippen LogP contribution >= 0.6 is 0 Å². The predicted octanol–water partition coefficient (Wildman–Crippen LogP) is 3.44. The first-order valence-corrected chi connectivity index (χ1v) is 10.3. The summed E-state index contributed by atoms with van der Waals surface area (Å²) in [4.78, 5) is 49.5. The standard InChI is InChI=1S/C24H26N2O5/c1-16(25-17(2)27)18-6-8-19(9-7-18)22(28)15-31-24(30)20-10-12-21(13-11-20)26-14-4-3-5-23(26)29/h6-13,16H,3-5,14-15H2,1-2H3,(H,25,27)/t16-/m0/s1. The number of hydrogen-bond donors (Lipinski definition) is 1. The molecule has 162 valence electrons. The average molecular weight is 422 g/mol. The summed E-state index contributed by atoms with van der Waals surface area (Å²) in [6, 6.07) is 13.3. The van der Waals surface area contributed by atoms with Gasteiger partial charge < -0.3 is 15.0 Å². The van der Waals surface area contributed by atoms with Gasteiger partial charge in [-0.05, 0) is 49.6 Å². The van der Waals surface area contributed by atoms with Crippen molar-refractivity contribution >= 4 is 29.3 Å². The third-order valence-corrected chi connectivity index (χ3v) is 5.22. The second-order valence-electron chi connectivity index (χ2n) is 7.59. The monoisotopic (exact) mass is 422 g/mol. The molecule has 2 aromatic carbocycles. The lowest BCUT2D eigenvalue weighted by Crippen LogP contribution is -2.35. The van der Waals surface area contributed by atoms with Crippen LogP contribution in [-0.2, 0) is 14.3 Å². The first-order chi connectivity index (χ1) is 14.8. The van der Waals surface area contributed by atoms with Gasteiger partial charge in [0.1, 0.15) is 0 Å². The van der Waals surface area contributed by atoms with Gasteiger partial charge in [-0.1, -0.05) is 24.3 Å². The lowest BCUT2D eigenvalue weighted by molar-refractivity contribution is -0.120. The zero-order valence-corrected chi connectivity index (χ0v) is 17.7.